The summed E-state index contributed by atoms with van der Waals surface area (Å²) in [4.78, 5) is 14.6. The molecule has 0 spiro atoms. The molecule has 388 valence electrons. The van der Waals surface area contributed by atoms with E-state index in [-0.39, 0.29) is 36.4 Å². The first-order valence-electron chi connectivity index (χ1n) is 27.1. The minimum absolute atomic E-state index is 0. The molecule has 0 amide bonds. The fourth-order valence-corrected chi connectivity index (χ4v) is 11.4. The van der Waals surface area contributed by atoms with Gasteiger partial charge in [0.15, 0.2) is 0 Å². The van der Waals surface area contributed by atoms with Crippen molar-refractivity contribution in [3.05, 3.63) is 246 Å². The third-order valence-electron chi connectivity index (χ3n) is 15.1. The summed E-state index contributed by atoms with van der Waals surface area (Å²) in [5.74, 6) is 0. The predicted octanol–water partition coefficient (Wildman–Crippen LogP) is 19.1. The molecule has 3 nitrogen and oxygen atoms in total. The maximum absolute atomic E-state index is 5.01. The number of nitrogens with zero attached hydrogens (tertiary/aromatic N) is 3. The summed E-state index contributed by atoms with van der Waals surface area (Å²) in [5.41, 5.74) is 21.8. The van der Waals surface area contributed by atoms with E-state index in [4.69, 9.17) is 15.0 Å². The van der Waals surface area contributed by atoms with Gasteiger partial charge in [0, 0.05) is 38.8 Å². The molecule has 78 heavy (non-hydrogen) atoms. The van der Waals surface area contributed by atoms with Crippen LogP contribution in [0.3, 0.4) is 0 Å². The van der Waals surface area contributed by atoms with E-state index >= 15 is 0 Å². The van der Waals surface area contributed by atoms with Gasteiger partial charge in [-0.05, 0) is 103 Å². The number of rotatable bonds is 12. The zero-order valence-electron chi connectivity index (χ0n) is 46.3. The molecule has 0 unspecified atom stereocenters. The standard InChI is InChI=1S/C73H66N3S.Ir/c1-71(2,3)57-32-37-66(74-45-57)52-26-22-48(23-27-52)18-20-50-40-51(21-19-49-24-28-53(29-25-49)67-38-33-58(46-75-67)72(4,5)6)42-56(41-50)60-14-10-11-15-61(60)62-35-31-55(68-39-34-59(47-76-68)73(7,8)9)43-65(62)54-30-36-64-63-16-12-13-17-69(63)77-70(64)44-54;/h10-17,22-26,28,30,32-47H,18-21H2,1-9H3;/q-3;+3. The van der Waals surface area contributed by atoms with Crippen molar-refractivity contribution in [2.75, 3.05) is 0 Å². The molecule has 0 aliphatic carbocycles. The molecular formula is C73H66IrN3S. The Morgan fingerprint density at radius 1 is 0.359 bits per heavy atom. The minimum Gasteiger partial charge on any atom is -0.304 e. The van der Waals surface area contributed by atoms with Gasteiger partial charge < -0.3 is 15.0 Å². The third-order valence-corrected chi connectivity index (χ3v) is 16.2. The van der Waals surface area contributed by atoms with Crippen molar-refractivity contribution in [1.29, 1.82) is 0 Å². The summed E-state index contributed by atoms with van der Waals surface area (Å²) in [6, 6.07) is 73.4. The van der Waals surface area contributed by atoms with Crippen LogP contribution in [0.15, 0.2) is 188 Å². The largest absolute Gasteiger partial charge is 3.00 e. The SMILES string of the molecule is CC(C)(C)c1ccc(-c2[c-]cc(CCc3cc(CCc4c[c-]c(-c5ccc(C(C)(C)C)cn5)cc4)cc(-c4ccccc4-c4c[c-]c(-c5ccc(C(C)(C)C)cn5)cc4-c4ccc5c(c4)sc4ccccc45)c3)cc2)nc1.[Ir+3]. The van der Waals surface area contributed by atoms with Crippen molar-refractivity contribution in [2.45, 2.75) is 104 Å². The third kappa shape index (κ3) is 12.0. The van der Waals surface area contributed by atoms with Crippen LogP contribution >= 0.6 is 11.3 Å². The van der Waals surface area contributed by atoms with Crippen LogP contribution in [0.25, 0.3) is 87.3 Å². The summed E-state index contributed by atoms with van der Waals surface area (Å²) in [6.07, 6.45) is 9.59. The fourth-order valence-electron chi connectivity index (χ4n) is 10.3. The van der Waals surface area contributed by atoms with Gasteiger partial charge in [-0.25, -0.2) is 0 Å². The smallest absolute Gasteiger partial charge is 0.304 e. The molecule has 0 bridgehead atoms. The van der Waals surface area contributed by atoms with Crippen LogP contribution in [0, 0.1) is 18.2 Å². The Bertz CT molecular complexity index is 3750. The maximum Gasteiger partial charge on any atom is 3.00 e. The van der Waals surface area contributed by atoms with Crippen LogP contribution in [0.5, 0.6) is 0 Å². The number of hydrogen-bond donors (Lipinski definition) is 0. The molecule has 0 saturated carbocycles. The van der Waals surface area contributed by atoms with Gasteiger partial charge in [0.05, 0.1) is 0 Å². The molecule has 0 atom stereocenters. The molecule has 11 rings (SSSR count). The molecule has 11 aromatic rings. The molecule has 0 saturated heterocycles. The molecular weight excluding hydrogens is 1140 g/mol. The second kappa shape index (κ2) is 22.3. The van der Waals surface area contributed by atoms with Crippen LogP contribution in [-0.4, -0.2) is 15.0 Å². The van der Waals surface area contributed by atoms with Gasteiger partial charge in [-0.2, -0.15) is 0 Å². The molecule has 4 aromatic heterocycles. The summed E-state index contributed by atoms with van der Waals surface area (Å²) in [5, 5.41) is 2.59. The molecule has 5 heteroatoms. The molecule has 0 aliphatic heterocycles. The Labute approximate surface area is 480 Å². The van der Waals surface area contributed by atoms with Crippen molar-refractivity contribution in [3.8, 4) is 67.2 Å². The van der Waals surface area contributed by atoms with E-state index in [1.165, 1.54) is 81.4 Å². The van der Waals surface area contributed by atoms with E-state index in [2.05, 4.69) is 250 Å². The molecule has 0 radical (unpaired) electrons. The predicted molar refractivity (Wildman–Crippen MR) is 326 cm³/mol. The van der Waals surface area contributed by atoms with Gasteiger partial charge in [0.2, 0.25) is 0 Å². The minimum atomic E-state index is 0. The van der Waals surface area contributed by atoms with E-state index in [0.29, 0.717) is 0 Å². The van der Waals surface area contributed by atoms with Gasteiger partial charge >= 0.3 is 20.1 Å². The van der Waals surface area contributed by atoms with Crippen LogP contribution < -0.4 is 0 Å². The monoisotopic (exact) mass is 1210 g/mol. The van der Waals surface area contributed by atoms with E-state index < -0.39 is 0 Å². The topological polar surface area (TPSA) is 38.7 Å². The van der Waals surface area contributed by atoms with Crippen molar-refractivity contribution in [1.82, 2.24) is 15.0 Å². The average molecular weight is 1210 g/mol. The average Bonchev–Trinajstić information content (AvgIpc) is 3.94. The quantitative estimate of drug-likeness (QED) is 0.114. The first-order valence-corrected chi connectivity index (χ1v) is 27.9. The van der Waals surface area contributed by atoms with Gasteiger partial charge in [0.1, 0.15) is 0 Å². The number of aryl methyl sites for hydroxylation is 4. The van der Waals surface area contributed by atoms with Crippen LogP contribution in [0.1, 0.15) is 101 Å². The Morgan fingerprint density at radius 2 is 0.833 bits per heavy atom. The van der Waals surface area contributed by atoms with Crippen LogP contribution in [0.4, 0.5) is 0 Å². The summed E-state index contributed by atoms with van der Waals surface area (Å²) in [7, 11) is 0. The van der Waals surface area contributed by atoms with Crippen LogP contribution in [-0.2, 0) is 62.0 Å². The normalized spacial score (nSPS) is 12.0. The van der Waals surface area contributed by atoms with Gasteiger partial charge in [-0.1, -0.05) is 201 Å². The summed E-state index contributed by atoms with van der Waals surface area (Å²) in [6.45, 7) is 20.0. The molecule has 0 fully saturated rings. The summed E-state index contributed by atoms with van der Waals surface area (Å²) < 4.78 is 2.58. The van der Waals surface area contributed by atoms with Crippen molar-refractivity contribution in [2.24, 2.45) is 0 Å². The Balaban J connectivity index is 0.00000688. The number of benzene rings is 7. The first-order chi connectivity index (χ1) is 37.0. The van der Waals surface area contributed by atoms with E-state index in [1.54, 1.807) is 0 Å². The Morgan fingerprint density at radius 3 is 1.33 bits per heavy atom. The molecule has 0 N–H and O–H groups in total. The molecule has 0 aliphatic rings. The van der Waals surface area contributed by atoms with Crippen LogP contribution in [0.2, 0.25) is 0 Å². The summed E-state index contributed by atoms with van der Waals surface area (Å²) >= 11 is 1.86. The van der Waals surface area contributed by atoms with E-state index in [0.717, 1.165) is 70.6 Å². The fraction of sp³-hybridized carbons (Fsp3) is 0.219. The van der Waals surface area contributed by atoms with E-state index in [9.17, 15) is 0 Å². The number of aromatic nitrogens is 3. The number of pyridine rings is 3. The number of thiophene rings is 1. The first kappa shape index (κ1) is 54.2. The maximum atomic E-state index is 5.01. The van der Waals surface area contributed by atoms with Gasteiger partial charge in [-0.15, -0.1) is 106 Å². The molecule has 7 aromatic carbocycles. The number of hydrogen-bond acceptors (Lipinski definition) is 4. The Hall–Kier alpha value is -7.14. The van der Waals surface area contributed by atoms with E-state index in [1.807, 2.05) is 29.9 Å². The van der Waals surface area contributed by atoms with Gasteiger partial charge in [-0.3, -0.25) is 0 Å². The zero-order chi connectivity index (χ0) is 53.5. The Kier molecular flexibility index (Phi) is 15.5. The van der Waals surface area contributed by atoms with Crippen molar-refractivity contribution < 1.29 is 20.1 Å². The van der Waals surface area contributed by atoms with Gasteiger partial charge in [0.25, 0.3) is 0 Å². The van der Waals surface area contributed by atoms with Crippen molar-refractivity contribution in [3.63, 3.8) is 0 Å². The zero-order valence-corrected chi connectivity index (χ0v) is 49.5. The van der Waals surface area contributed by atoms with Crippen molar-refractivity contribution >= 4 is 31.5 Å². The molecule has 4 heterocycles. The second-order valence-electron chi connectivity index (χ2n) is 23.8. The number of fused-ring (bicyclic) bond motifs is 3. The second-order valence-corrected chi connectivity index (χ2v) is 24.9.